The van der Waals surface area contributed by atoms with Crippen LogP contribution >= 0.6 is 12.2 Å². The summed E-state index contributed by atoms with van der Waals surface area (Å²) in [5.41, 5.74) is 1.13. The van der Waals surface area contributed by atoms with Gasteiger partial charge in [0, 0.05) is 22.3 Å². The molecule has 1 atom stereocenters. The predicted octanol–water partition coefficient (Wildman–Crippen LogP) is 2.71. The zero-order chi connectivity index (χ0) is 18.0. The maximum atomic E-state index is 14.6. The Morgan fingerprint density at radius 2 is 2.16 bits per heavy atom. The zero-order valence-electron chi connectivity index (χ0n) is 14.0. The second-order valence-electron chi connectivity index (χ2n) is 6.38. The summed E-state index contributed by atoms with van der Waals surface area (Å²) in [6.45, 7) is 2.56. The van der Waals surface area contributed by atoms with Gasteiger partial charge in [-0.1, -0.05) is 18.3 Å². The molecule has 1 amide bonds. The summed E-state index contributed by atoms with van der Waals surface area (Å²) >= 11 is 4.95. The van der Waals surface area contributed by atoms with Gasteiger partial charge in [-0.3, -0.25) is 9.11 Å². The topological polar surface area (TPSA) is 58.6 Å². The Labute approximate surface area is 154 Å². The molecule has 25 heavy (non-hydrogen) atoms. The fourth-order valence-electron chi connectivity index (χ4n) is 3.22. The van der Waals surface area contributed by atoms with E-state index in [-0.39, 0.29) is 17.8 Å². The Morgan fingerprint density at radius 3 is 2.80 bits per heavy atom. The van der Waals surface area contributed by atoms with Crippen LogP contribution in [0.25, 0.3) is 0 Å². The highest BCUT2D eigenvalue weighted by Crippen LogP contribution is 2.32. The van der Waals surface area contributed by atoms with Crippen LogP contribution in [0.2, 0.25) is 0 Å². The van der Waals surface area contributed by atoms with E-state index < -0.39 is 16.9 Å². The summed E-state index contributed by atoms with van der Waals surface area (Å²) in [4.78, 5) is 14.1. The highest BCUT2D eigenvalue weighted by atomic mass is 32.2. The van der Waals surface area contributed by atoms with Gasteiger partial charge in [-0.05, 0) is 43.4 Å². The average molecular weight is 384 g/mol. The number of hydrogen-bond acceptors (Lipinski definition) is 4. The minimum absolute atomic E-state index is 0.0970. The average Bonchev–Trinajstić information content (AvgIpc) is 2.95. The van der Waals surface area contributed by atoms with Gasteiger partial charge in [0.15, 0.2) is 0 Å². The van der Waals surface area contributed by atoms with E-state index >= 15 is 0 Å². The van der Waals surface area contributed by atoms with Crippen LogP contribution in [0.1, 0.15) is 31.2 Å². The standard InChI is InChI=1S/C17H21FN2O3S2/c1-11(24)19-9-14-10-20(17(21)23-14)13-2-3-15(16(18)8-13)12-4-6-25(22)7-5-12/h2-3,8,12,14H,4-7,9-10H2,1H3,(H,19,24). The van der Waals surface area contributed by atoms with Crippen molar-refractivity contribution in [3.8, 4) is 0 Å². The summed E-state index contributed by atoms with van der Waals surface area (Å²) in [5, 5.41) is 2.98. The van der Waals surface area contributed by atoms with Crippen LogP contribution in [0.15, 0.2) is 18.2 Å². The first-order valence-corrected chi connectivity index (χ1v) is 10.2. The van der Waals surface area contributed by atoms with E-state index in [4.69, 9.17) is 17.0 Å². The van der Waals surface area contributed by atoms with Crippen molar-refractivity contribution in [3.63, 3.8) is 0 Å². The molecule has 1 aromatic carbocycles. The van der Waals surface area contributed by atoms with E-state index in [0.717, 1.165) is 12.8 Å². The first-order valence-electron chi connectivity index (χ1n) is 8.31. The van der Waals surface area contributed by atoms with Crippen molar-refractivity contribution in [1.82, 2.24) is 5.32 Å². The third-order valence-corrected chi connectivity index (χ3v) is 6.10. The highest BCUT2D eigenvalue weighted by Gasteiger charge is 2.33. The van der Waals surface area contributed by atoms with Crippen LogP contribution in [0.5, 0.6) is 0 Å². The molecule has 2 heterocycles. The molecule has 3 rings (SSSR count). The normalized spacial score (nSPS) is 26.4. The van der Waals surface area contributed by atoms with Crippen molar-refractivity contribution in [2.45, 2.75) is 31.8 Å². The molecule has 2 fully saturated rings. The summed E-state index contributed by atoms with van der Waals surface area (Å²) < 4.78 is 31.3. The van der Waals surface area contributed by atoms with E-state index in [9.17, 15) is 13.4 Å². The third-order valence-electron chi connectivity index (χ3n) is 4.58. The van der Waals surface area contributed by atoms with E-state index in [1.807, 2.05) is 0 Å². The Balaban J connectivity index is 1.69. The quantitative estimate of drug-likeness (QED) is 0.809. The van der Waals surface area contributed by atoms with Gasteiger partial charge < -0.3 is 10.1 Å². The number of ether oxygens (including phenoxy) is 1. The van der Waals surface area contributed by atoms with Gasteiger partial charge in [0.05, 0.1) is 23.8 Å². The minimum atomic E-state index is -0.769. The number of nitrogens with zero attached hydrogens (tertiary/aromatic N) is 1. The van der Waals surface area contributed by atoms with Crippen LogP contribution in [-0.2, 0) is 15.5 Å². The lowest BCUT2D eigenvalue weighted by molar-refractivity contribution is 0.143. The molecular weight excluding hydrogens is 363 g/mol. The second-order valence-corrected chi connectivity index (χ2v) is 8.69. The maximum absolute atomic E-state index is 14.6. The van der Waals surface area contributed by atoms with Crippen molar-refractivity contribution in [2.75, 3.05) is 29.5 Å². The zero-order valence-corrected chi connectivity index (χ0v) is 15.6. The van der Waals surface area contributed by atoms with Crippen molar-refractivity contribution >= 4 is 39.8 Å². The molecule has 1 N–H and O–H groups in total. The molecule has 1 aromatic rings. The molecule has 0 radical (unpaired) electrons. The van der Waals surface area contributed by atoms with Gasteiger partial charge in [-0.25, -0.2) is 9.18 Å². The van der Waals surface area contributed by atoms with Crippen LogP contribution in [-0.4, -0.2) is 46.0 Å². The molecule has 2 aliphatic rings. The molecular formula is C17H21FN2O3S2. The fraction of sp³-hybridized carbons (Fsp3) is 0.529. The number of thiocarbonyl (C=S) groups is 1. The first-order chi connectivity index (χ1) is 11.9. The van der Waals surface area contributed by atoms with Crippen molar-refractivity contribution in [1.29, 1.82) is 0 Å². The molecule has 2 saturated heterocycles. The van der Waals surface area contributed by atoms with E-state index in [1.165, 1.54) is 11.0 Å². The van der Waals surface area contributed by atoms with Crippen molar-refractivity contribution < 1.29 is 18.1 Å². The number of halogens is 1. The largest absolute Gasteiger partial charge is 0.442 e. The number of hydrogen-bond donors (Lipinski definition) is 1. The minimum Gasteiger partial charge on any atom is -0.442 e. The smallest absolute Gasteiger partial charge is 0.414 e. The number of amides is 1. The Morgan fingerprint density at radius 1 is 1.44 bits per heavy atom. The van der Waals surface area contributed by atoms with Gasteiger partial charge in [0.2, 0.25) is 0 Å². The summed E-state index contributed by atoms with van der Waals surface area (Å²) in [7, 11) is -0.769. The molecule has 0 spiro atoms. The number of cyclic esters (lactones) is 1. The fourth-order valence-corrected chi connectivity index (χ4v) is 4.60. The summed E-state index contributed by atoms with van der Waals surface area (Å²) in [6.07, 6.45) is 0.675. The number of carbonyl (C=O) groups is 1. The van der Waals surface area contributed by atoms with Gasteiger partial charge in [0.1, 0.15) is 11.9 Å². The molecule has 0 bridgehead atoms. The van der Waals surface area contributed by atoms with Gasteiger partial charge >= 0.3 is 6.09 Å². The Kier molecular flexibility index (Phi) is 5.68. The predicted molar refractivity (Wildman–Crippen MR) is 100 cm³/mol. The molecule has 0 saturated carbocycles. The lowest BCUT2D eigenvalue weighted by Crippen LogP contribution is -2.32. The second kappa shape index (κ2) is 7.78. The number of nitrogens with one attached hydrogen (secondary N) is 1. The van der Waals surface area contributed by atoms with Crippen molar-refractivity contribution in [2.24, 2.45) is 0 Å². The summed E-state index contributed by atoms with van der Waals surface area (Å²) in [6, 6.07) is 4.89. The lowest BCUT2D eigenvalue weighted by atomic mass is 9.93. The first kappa shape index (κ1) is 18.3. The van der Waals surface area contributed by atoms with Gasteiger partial charge in [-0.2, -0.15) is 0 Å². The molecule has 8 heteroatoms. The molecule has 0 aliphatic carbocycles. The molecule has 2 aliphatic heterocycles. The van der Waals surface area contributed by atoms with E-state index in [1.54, 1.807) is 19.1 Å². The van der Waals surface area contributed by atoms with Crippen LogP contribution < -0.4 is 10.2 Å². The number of rotatable bonds is 4. The lowest BCUT2D eigenvalue weighted by Gasteiger charge is -2.23. The van der Waals surface area contributed by atoms with Crippen LogP contribution in [0.4, 0.5) is 14.9 Å². The molecule has 5 nitrogen and oxygen atoms in total. The Bertz CT molecular complexity index is 703. The number of benzene rings is 1. The third kappa shape index (κ3) is 4.36. The van der Waals surface area contributed by atoms with Gasteiger partial charge in [0.25, 0.3) is 0 Å². The van der Waals surface area contributed by atoms with Crippen LogP contribution in [0, 0.1) is 5.82 Å². The van der Waals surface area contributed by atoms with Crippen LogP contribution in [0.3, 0.4) is 0 Å². The molecule has 0 aromatic heterocycles. The highest BCUT2D eigenvalue weighted by molar-refractivity contribution is 7.85. The van der Waals surface area contributed by atoms with E-state index in [0.29, 0.717) is 40.8 Å². The Hall–Kier alpha value is -1.54. The van der Waals surface area contributed by atoms with Crippen molar-refractivity contribution in [3.05, 3.63) is 29.6 Å². The number of carbonyl (C=O) groups excluding carboxylic acids is 1. The van der Waals surface area contributed by atoms with Gasteiger partial charge in [-0.15, -0.1) is 0 Å². The molecule has 136 valence electrons. The monoisotopic (exact) mass is 384 g/mol. The maximum Gasteiger partial charge on any atom is 0.414 e. The summed E-state index contributed by atoms with van der Waals surface area (Å²) in [5.74, 6) is 1.02. The SMILES string of the molecule is CC(=S)NCC1CN(c2ccc(C3CCS(=O)CC3)c(F)c2)C(=O)O1. The van der Waals surface area contributed by atoms with E-state index in [2.05, 4.69) is 5.32 Å². The molecule has 1 unspecified atom stereocenters. The number of anilines is 1.